The zero-order valence-electron chi connectivity index (χ0n) is 20.7. The summed E-state index contributed by atoms with van der Waals surface area (Å²) in [6, 6.07) is 15.0. The highest BCUT2D eigenvalue weighted by Gasteiger charge is 2.26. The van der Waals surface area contributed by atoms with E-state index in [2.05, 4.69) is 34.3 Å². The van der Waals surface area contributed by atoms with Gasteiger partial charge in [0.25, 0.3) is 5.91 Å². The van der Waals surface area contributed by atoms with Crippen LogP contribution in [0.1, 0.15) is 54.1 Å². The number of aromatic nitrogens is 3. The zero-order chi connectivity index (χ0) is 25.4. The van der Waals surface area contributed by atoms with Crippen molar-refractivity contribution in [2.24, 2.45) is 5.92 Å². The van der Waals surface area contributed by atoms with E-state index in [1.807, 2.05) is 67.8 Å². The summed E-state index contributed by atoms with van der Waals surface area (Å²) < 4.78 is 1.90. The summed E-state index contributed by atoms with van der Waals surface area (Å²) in [6.07, 6.45) is 2.71. The number of rotatable bonds is 11. The number of hydrogen-bond donors (Lipinski definition) is 2. The van der Waals surface area contributed by atoms with Crippen LogP contribution in [0.4, 0.5) is 5.69 Å². The number of anilines is 1. The van der Waals surface area contributed by atoms with Crippen LogP contribution in [0.2, 0.25) is 0 Å². The van der Waals surface area contributed by atoms with Gasteiger partial charge >= 0.3 is 0 Å². The molecule has 0 fully saturated rings. The molecule has 0 aliphatic carbocycles. The quantitative estimate of drug-likeness (QED) is 0.285. The molecule has 2 N–H and O–H groups in total. The summed E-state index contributed by atoms with van der Waals surface area (Å²) in [5.74, 6) is 0.611. The molecule has 3 aromatic rings. The summed E-state index contributed by atoms with van der Waals surface area (Å²) in [7, 11) is 0. The van der Waals surface area contributed by atoms with Crippen LogP contribution in [-0.2, 0) is 17.8 Å². The lowest BCUT2D eigenvalue weighted by molar-refractivity contribution is -0.113. The van der Waals surface area contributed by atoms with E-state index in [0.717, 1.165) is 17.7 Å². The van der Waals surface area contributed by atoms with Crippen molar-refractivity contribution in [2.75, 3.05) is 11.1 Å². The average molecular weight is 492 g/mol. The number of benzene rings is 2. The zero-order valence-corrected chi connectivity index (χ0v) is 21.6. The van der Waals surface area contributed by atoms with Crippen LogP contribution in [0.25, 0.3) is 0 Å². The van der Waals surface area contributed by atoms with E-state index >= 15 is 0 Å². The molecule has 35 heavy (non-hydrogen) atoms. The Morgan fingerprint density at radius 1 is 1.14 bits per heavy atom. The van der Waals surface area contributed by atoms with Gasteiger partial charge in [-0.2, -0.15) is 0 Å². The first kappa shape index (κ1) is 26.2. The first-order chi connectivity index (χ1) is 16.8. The molecule has 184 valence electrons. The molecule has 8 heteroatoms. The Kier molecular flexibility index (Phi) is 9.25. The normalized spacial score (nSPS) is 11.8. The van der Waals surface area contributed by atoms with E-state index in [0.29, 0.717) is 23.1 Å². The Morgan fingerprint density at radius 3 is 2.51 bits per heavy atom. The molecule has 0 aliphatic heterocycles. The maximum atomic E-state index is 12.9. The van der Waals surface area contributed by atoms with Crippen LogP contribution in [0.15, 0.2) is 66.3 Å². The third kappa shape index (κ3) is 7.05. The molecule has 0 saturated carbocycles. The highest BCUT2D eigenvalue weighted by atomic mass is 32.2. The van der Waals surface area contributed by atoms with Crippen LogP contribution < -0.4 is 10.6 Å². The Bertz CT molecular complexity index is 1170. The Hall–Kier alpha value is -3.39. The minimum Gasteiger partial charge on any atom is -0.342 e. The van der Waals surface area contributed by atoms with Gasteiger partial charge in [-0.25, -0.2) is 0 Å². The van der Waals surface area contributed by atoms with Gasteiger partial charge in [-0.1, -0.05) is 68.4 Å². The Labute approximate surface area is 211 Å². The molecule has 0 unspecified atom stereocenters. The van der Waals surface area contributed by atoms with Gasteiger partial charge < -0.3 is 15.2 Å². The van der Waals surface area contributed by atoms with Gasteiger partial charge in [0.05, 0.1) is 11.8 Å². The maximum absolute atomic E-state index is 12.9. The average Bonchev–Trinajstić information content (AvgIpc) is 3.23. The van der Waals surface area contributed by atoms with Gasteiger partial charge in [-0.05, 0) is 49.1 Å². The molecule has 0 bridgehead atoms. The standard InChI is InChI=1S/C27H33N5O2S/c1-6-15-32-25(24(18(3)4)29-26(34)21-10-8-9-19(5)16-21)30-31-27(32)35-17-23(33)28-22-13-11-20(7-2)12-14-22/h6,8-14,16,18,24H,1,7,15,17H2,2-5H3,(H,28,33)(H,29,34)/t24-/m0/s1. The third-order valence-electron chi connectivity index (χ3n) is 5.55. The predicted molar refractivity (Wildman–Crippen MR) is 142 cm³/mol. The molecule has 0 saturated heterocycles. The van der Waals surface area contributed by atoms with E-state index in [1.165, 1.54) is 17.3 Å². The molecule has 3 rings (SSSR count). The van der Waals surface area contributed by atoms with Crippen LogP contribution >= 0.6 is 11.8 Å². The summed E-state index contributed by atoms with van der Waals surface area (Å²) in [5, 5.41) is 15.4. The van der Waals surface area contributed by atoms with E-state index < -0.39 is 0 Å². The molecule has 7 nitrogen and oxygen atoms in total. The number of amides is 2. The highest BCUT2D eigenvalue weighted by Crippen LogP contribution is 2.26. The summed E-state index contributed by atoms with van der Waals surface area (Å²) in [5.41, 5.74) is 3.60. The number of carbonyl (C=O) groups is 2. The third-order valence-corrected chi connectivity index (χ3v) is 6.51. The fourth-order valence-electron chi connectivity index (χ4n) is 3.63. The molecule has 0 aliphatic rings. The van der Waals surface area contributed by atoms with Gasteiger partial charge in [0, 0.05) is 17.8 Å². The fourth-order valence-corrected chi connectivity index (χ4v) is 4.38. The van der Waals surface area contributed by atoms with E-state index in [-0.39, 0.29) is 29.5 Å². The van der Waals surface area contributed by atoms with Gasteiger partial charge in [0.1, 0.15) is 0 Å². The van der Waals surface area contributed by atoms with Gasteiger partial charge in [-0.15, -0.1) is 16.8 Å². The topological polar surface area (TPSA) is 88.9 Å². The molecule has 2 amide bonds. The first-order valence-corrected chi connectivity index (χ1v) is 12.7. The van der Waals surface area contributed by atoms with Crippen molar-refractivity contribution in [2.45, 2.75) is 51.9 Å². The second-order valence-electron chi connectivity index (χ2n) is 8.69. The highest BCUT2D eigenvalue weighted by molar-refractivity contribution is 7.99. The molecule has 0 radical (unpaired) electrons. The SMILES string of the molecule is C=CCn1c(SCC(=O)Nc2ccc(CC)cc2)nnc1[C@@H](NC(=O)c1cccc(C)c1)C(C)C. The molecule has 0 spiro atoms. The molecule has 1 heterocycles. The monoisotopic (exact) mass is 491 g/mol. The maximum Gasteiger partial charge on any atom is 0.251 e. The lowest BCUT2D eigenvalue weighted by atomic mass is 10.0. The van der Waals surface area contributed by atoms with Crippen molar-refractivity contribution >= 4 is 29.3 Å². The van der Waals surface area contributed by atoms with Crippen LogP contribution in [0, 0.1) is 12.8 Å². The lowest BCUT2D eigenvalue weighted by Crippen LogP contribution is -2.34. The smallest absolute Gasteiger partial charge is 0.251 e. The van der Waals surface area contributed by atoms with Gasteiger partial charge in [-0.3, -0.25) is 9.59 Å². The van der Waals surface area contributed by atoms with Gasteiger partial charge in [0.2, 0.25) is 5.91 Å². The minimum absolute atomic E-state index is 0.0729. The molecule has 2 aromatic carbocycles. The number of thioether (sulfide) groups is 1. The first-order valence-electron chi connectivity index (χ1n) is 11.8. The molecule has 1 aromatic heterocycles. The summed E-state index contributed by atoms with van der Waals surface area (Å²) in [4.78, 5) is 25.5. The molecular weight excluding hydrogens is 458 g/mol. The van der Waals surface area contributed by atoms with Crippen molar-refractivity contribution in [3.8, 4) is 0 Å². The number of nitrogens with one attached hydrogen (secondary N) is 2. The van der Waals surface area contributed by atoms with Crippen molar-refractivity contribution in [3.63, 3.8) is 0 Å². The van der Waals surface area contributed by atoms with Crippen molar-refractivity contribution < 1.29 is 9.59 Å². The van der Waals surface area contributed by atoms with Gasteiger partial charge in [0.15, 0.2) is 11.0 Å². The second kappa shape index (κ2) is 12.4. The Balaban J connectivity index is 1.73. The lowest BCUT2D eigenvalue weighted by Gasteiger charge is -2.22. The van der Waals surface area contributed by atoms with E-state index in [4.69, 9.17) is 0 Å². The van der Waals surface area contributed by atoms with Crippen LogP contribution in [0.3, 0.4) is 0 Å². The fraction of sp³-hybridized carbons (Fsp3) is 0.333. The van der Waals surface area contributed by atoms with Crippen LogP contribution in [0.5, 0.6) is 0 Å². The van der Waals surface area contributed by atoms with E-state index in [1.54, 1.807) is 12.1 Å². The number of hydrogen-bond acceptors (Lipinski definition) is 5. The number of nitrogens with zero attached hydrogens (tertiary/aromatic N) is 3. The predicted octanol–water partition coefficient (Wildman–Crippen LogP) is 5.19. The van der Waals surface area contributed by atoms with Crippen molar-refractivity contribution in [3.05, 3.63) is 83.7 Å². The number of carbonyl (C=O) groups excluding carboxylic acids is 2. The van der Waals surface area contributed by atoms with Crippen molar-refractivity contribution in [1.29, 1.82) is 0 Å². The summed E-state index contributed by atoms with van der Waals surface area (Å²) in [6.45, 7) is 12.4. The molecule has 1 atom stereocenters. The minimum atomic E-state index is -0.351. The number of allylic oxidation sites excluding steroid dienone is 1. The van der Waals surface area contributed by atoms with E-state index in [9.17, 15) is 9.59 Å². The second-order valence-corrected chi connectivity index (χ2v) is 9.63. The van der Waals surface area contributed by atoms with Crippen molar-refractivity contribution in [1.82, 2.24) is 20.1 Å². The van der Waals surface area contributed by atoms with Crippen LogP contribution in [-0.4, -0.2) is 32.3 Å². The Morgan fingerprint density at radius 2 is 1.89 bits per heavy atom. The molecular formula is C27H33N5O2S. The largest absolute Gasteiger partial charge is 0.342 e. The number of aryl methyl sites for hydroxylation is 2. The summed E-state index contributed by atoms with van der Waals surface area (Å²) >= 11 is 1.31.